The van der Waals surface area contributed by atoms with Gasteiger partial charge >= 0.3 is 5.97 Å². The molecule has 0 aliphatic carbocycles. The normalized spacial score (nSPS) is 12.5. The van der Waals surface area contributed by atoms with Crippen LogP contribution in [0, 0.1) is 0 Å². The number of hydrogen-bond acceptors (Lipinski definition) is 5. The average molecular weight is 1200 g/mol. The second-order valence-corrected chi connectivity index (χ2v) is 27.4. The lowest BCUT2D eigenvalue weighted by molar-refractivity contribution is -0.143. The minimum absolute atomic E-state index is 0.0261. The number of allylic oxidation sites excluding steroid dienone is 1. The molecule has 6 heteroatoms. The number of esters is 1. The molecule has 0 aliphatic rings. The predicted octanol–water partition coefficient (Wildman–Crippen LogP) is 25.9. The van der Waals surface area contributed by atoms with E-state index < -0.39 is 12.1 Å². The van der Waals surface area contributed by atoms with Crippen molar-refractivity contribution in [2.45, 2.75) is 469 Å². The Labute approximate surface area is 533 Å². The highest BCUT2D eigenvalue weighted by molar-refractivity contribution is 5.76. The Balaban J connectivity index is 3.33. The van der Waals surface area contributed by atoms with Crippen molar-refractivity contribution >= 4 is 11.9 Å². The topological polar surface area (TPSA) is 95.9 Å². The first-order valence-electron chi connectivity index (χ1n) is 39.5. The predicted molar refractivity (Wildman–Crippen MR) is 375 cm³/mol. The van der Waals surface area contributed by atoms with Crippen LogP contribution in [0.5, 0.6) is 0 Å². The highest BCUT2D eigenvalue weighted by Crippen LogP contribution is 2.20. The fraction of sp³-hybridized carbons (Fsp3) is 0.949. The lowest BCUT2D eigenvalue weighted by Crippen LogP contribution is -2.45. The van der Waals surface area contributed by atoms with Crippen LogP contribution in [-0.2, 0) is 14.3 Å². The van der Waals surface area contributed by atoms with Gasteiger partial charge in [0.1, 0.15) is 0 Å². The van der Waals surface area contributed by atoms with Crippen molar-refractivity contribution in [2.24, 2.45) is 0 Å². The van der Waals surface area contributed by atoms with Gasteiger partial charge in [0.2, 0.25) is 5.91 Å². The first-order chi connectivity index (χ1) is 42.0. The smallest absolute Gasteiger partial charge is 0.305 e. The Kier molecular flexibility index (Phi) is 73.8. The third-order valence-electron chi connectivity index (χ3n) is 18.8. The standard InChI is InChI=1S/C79H155NO5/c1-3-5-7-9-11-13-15-17-19-21-36-39-43-47-51-55-59-63-67-71-77(82)76(75-81)80-78(83)72-68-64-60-56-52-48-44-40-37-34-32-30-28-26-24-23-25-27-29-31-33-35-38-42-46-50-54-58-62-66-70-74-85-79(84)73-69-65-61-57-53-49-45-41-22-20-18-16-14-12-10-8-6-4-2/h67,71,76-77,81-82H,3-66,68-70,72-75H2,1-2H3,(H,80,83)/b71-67+. The lowest BCUT2D eigenvalue weighted by Gasteiger charge is -2.20. The number of aliphatic hydroxyl groups excluding tert-OH is 2. The molecular weight excluding hydrogens is 1040 g/mol. The molecule has 0 bridgehead atoms. The molecule has 0 saturated carbocycles. The Morgan fingerprint density at radius 2 is 0.541 bits per heavy atom. The number of carbonyl (C=O) groups is 2. The fourth-order valence-corrected chi connectivity index (χ4v) is 12.8. The van der Waals surface area contributed by atoms with Gasteiger partial charge in [-0.25, -0.2) is 0 Å². The van der Waals surface area contributed by atoms with Crippen LogP contribution in [0.4, 0.5) is 0 Å². The van der Waals surface area contributed by atoms with Crippen LogP contribution in [-0.4, -0.2) is 47.4 Å². The van der Waals surface area contributed by atoms with Gasteiger partial charge in [0.05, 0.1) is 25.4 Å². The summed E-state index contributed by atoms with van der Waals surface area (Å²) in [6.07, 6.45) is 94.8. The summed E-state index contributed by atoms with van der Waals surface area (Å²) in [4.78, 5) is 24.7. The van der Waals surface area contributed by atoms with E-state index >= 15 is 0 Å². The van der Waals surface area contributed by atoms with Gasteiger partial charge in [0.25, 0.3) is 0 Å². The second-order valence-electron chi connectivity index (χ2n) is 27.4. The molecule has 6 nitrogen and oxygen atoms in total. The summed E-state index contributed by atoms with van der Waals surface area (Å²) in [5.74, 6) is -0.0329. The van der Waals surface area contributed by atoms with Crippen molar-refractivity contribution in [1.29, 1.82) is 0 Å². The van der Waals surface area contributed by atoms with Gasteiger partial charge < -0.3 is 20.3 Å². The van der Waals surface area contributed by atoms with Gasteiger partial charge in [-0.15, -0.1) is 0 Å². The second kappa shape index (κ2) is 75.1. The number of unbranched alkanes of at least 4 members (excludes halogenated alkanes) is 64. The highest BCUT2D eigenvalue weighted by Gasteiger charge is 2.18. The number of carbonyl (C=O) groups excluding carboxylic acids is 2. The first-order valence-corrected chi connectivity index (χ1v) is 39.5. The Bertz CT molecular complexity index is 1290. The Morgan fingerprint density at radius 3 is 0.800 bits per heavy atom. The van der Waals surface area contributed by atoms with Crippen molar-refractivity contribution in [2.75, 3.05) is 13.2 Å². The van der Waals surface area contributed by atoms with Crippen LogP contribution in [0.25, 0.3) is 0 Å². The Morgan fingerprint density at radius 1 is 0.318 bits per heavy atom. The molecule has 0 aromatic rings. The monoisotopic (exact) mass is 1200 g/mol. The molecule has 2 atom stereocenters. The van der Waals surface area contributed by atoms with E-state index in [1.807, 2.05) is 6.08 Å². The van der Waals surface area contributed by atoms with E-state index in [0.29, 0.717) is 19.4 Å². The summed E-state index contributed by atoms with van der Waals surface area (Å²) in [7, 11) is 0. The summed E-state index contributed by atoms with van der Waals surface area (Å²) < 4.78 is 5.52. The van der Waals surface area contributed by atoms with Gasteiger partial charge in [0.15, 0.2) is 0 Å². The van der Waals surface area contributed by atoms with E-state index in [0.717, 1.165) is 38.5 Å². The third kappa shape index (κ3) is 71.6. The van der Waals surface area contributed by atoms with Crippen molar-refractivity contribution in [3.8, 4) is 0 Å². The van der Waals surface area contributed by atoms with E-state index in [1.165, 1.54) is 392 Å². The molecule has 506 valence electrons. The largest absolute Gasteiger partial charge is 0.466 e. The zero-order valence-corrected chi connectivity index (χ0v) is 58.1. The third-order valence-corrected chi connectivity index (χ3v) is 18.8. The minimum Gasteiger partial charge on any atom is -0.466 e. The maximum Gasteiger partial charge on any atom is 0.305 e. The van der Waals surface area contributed by atoms with E-state index in [4.69, 9.17) is 4.74 Å². The number of ether oxygens (including phenoxy) is 1. The van der Waals surface area contributed by atoms with Crippen molar-refractivity contribution in [3.63, 3.8) is 0 Å². The van der Waals surface area contributed by atoms with Crippen LogP contribution in [0.2, 0.25) is 0 Å². The Hall–Kier alpha value is -1.40. The maximum atomic E-state index is 12.5. The molecule has 0 radical (unpaired) electrons. The molecule has 0 fully saturated rings. The first kappa shape index (κ1) is 83.6. The van der Waals surface area contributed by atoms with Gasteiger partial charge in [-0.2, -0.15) is 0 Å². The van der Waals surface area contributed by atoms with Crippen molar-refractivity contribution in [1.82, 2.24) is 5.32 Å². The molecule has 85 heavy (non-hydrogen) atoms. The number of hydrogen-bond donors (Lipinski definition) is 3. The van der Waals surface area contributed by atoms with Gasteiger partial charge in [-0.3, -0.25) is 9.59 Å². The molecule has 0 aromatic heterocycles. The van der Waals surface area contributed by atoms with Crippen LogP contribution in [0.15, 0.2) is 12.2 Å². The molecule has 3 N–H and O–H groups in total. The molecule has 2 unspecified atom stereocenters. The SMILES string of the molecule is CCCCCCCCCCCCCCCCCCC/C=C/C(O)C(CO)NC(=O)CCCCCCCCCCCCCCCCCCCCCCCCCCCCCCCCCOC(=O)CCCCCCCCCCCCCCCCCCCC. The summed E-state index contributed by atoms with van der Waals surface area (Å²) in [6.45, 7) is 4.97. The fourth-order valence-electron chi connectivity index (χ4n) is 12.8. The van der Waals surface area contributed by atoms with Gasteiger partial charge in [0, 0.05) is 12.8 Å². The quantitative estimate of drug-likeness (QED) is 0.0320. The molecule has 0 saturated heterocycles. The highest BCUT2D eigenvalue weighted by atomic mass is 16.5. The van der Waals surface area contributed by atoms with Crippen LogP contribution in [0.3, 0.4) is 0 Å². The van der Waals surface area contributed by atoms with Gasteiger partial charge in [-0.1, -0.05) is 424 Å². The summed E-state index contributed by atoms with van der Waals surface area (Å²) in [6, 6.07) is -0.625. The van der Waals surface area contributed by atoms with Gasteiger partial charge in [-0.05, 0) is 32.1 Å². The number of nitrogens with one attached hydrogen (secondary N) is 1. The van der Waals surface area contributed by atoms with E-state index in [2.05, 4.69) is 19.2 Å². The maximum absolute atomic E-state index is 12.5. The average Bonchev–Trinajstić information content (AvgIpc) is 3.51. The minimum atomic E-state index is -0.842. The number of rotatable bonds is 75. The summed E-state index contributed by atoms with van der Waals surface area (Å²) in [5, 5.41) is 23.3. The van der Waals surface area contributed by atoms with Crippen LogP contribution < -0.4 is 5.32 Å². The molecule has 0 heterocycles. The number of amides is 1. The van der Waals surface area contributed by atoms with Crippen molar-refractivity contribution in [3.05, 3.63) is 12.2 Å². The molecule has 0 rings (SSSR count). The number of aliphatic hydroxyl groups is 2. The molecule has 0 spiro atoms. The van der Waals surface area contributed by atoms with E-state index in [-0.39, 0.29) is 18.5 Å². The molecular formula is C79H155NO5. The van der Waals surface area contributed by atoms with E-state index in [1.54, 1.807) is 6.08 Å². The zero-order valence-electron chi connectivity index (χ0n) is 58.1. The molecule has 1 amide bonds. The van der Waals surface area contributed by atoms with E-state index in [9.17, 15) is 19.8 Å². The zero-order chi connectivity index (χ0) is 61.3. The summed E-state index contributed by atoms with van der Waals surface area (Å²) >= 11 is 0. The van der Waals surface area contributed by atoms with Crippen LogP contribution >= 0.6 is 0 Å². The summed E-state index contributed by atoms with van der Waals surface area (Å²) in [5.41, 5.74) is 0. The molecule has 0 aliphatic heterocycles. The molecule has 0 aromatic carbocycles. The van der Waals surface area contributed by atoms with Crippen LogP contribution in [0.1, 0.15) is 457 Å². The van der Waals surface area contributed by atoms with Crippen molar-refractivity contribution < 1.29 is 24.5 Å². The lowest BCUT2D eigenvalue weighted by atomic mass is 10.0.